The van der Waals surface area contributed by atoms with Crippen molar-refractivity contribution in [2.24, 2.45) is 0 Å². The summed E-state index contributed by atoms with van der Waals surface area (Å²) in [4.78, 5) is 0. The molecule has 1 aliphatic rings. The number of hydrogen-bond donors (Lipinski definition) is 0. The molecule has 0 amide bonds. The van der Waals surface area contributed by atoms with Gasteiger partial charge < -0.3 is 4.74 Å². The Hall–Kier alpha value is -0.980. The van der Waals surface area contributed by atoms with Gasteiger partial charge in [0.25, 0.3) is 0 Å². The standard InChI is InChI=1S/C10H14O/c1-2-9-11-10-7-5-3-4-6-8-10/h3-7H,2,8-9H2,1H3. The summed E-state index contributed by atoms with van der Waals surface area (Å²) < 4.78 is 5.47. The maximum absolute atomic E-state index is 5.47. The van der Waals surface area contributed by atoms with Crippen LogP contribution in [0.5, 0.6) is 0 Å². The van der Waals surface area contributed by atoms with Crippen LogP contribution in [-0.2, 0) is 4.74 Å². The summed E-state index contributed by atoms with van der Waals surface area (Å²) in [5.74, 6) is 1.07. The molecule has 0 aliphatic heterocycles. The second-order valence-electron chi connectivity index (χ2n) is 2.50. The average molecular weight is 150 g/mol. The molecule has 0 saturated heterocycles. The molecular weight excluding hydrogens is 136 g/mol. The van der Waals surface area contributed by atoms with E-state index in [-0.39, 0.29) is 0 Å². The molecule has 1 nitrogen and oxygen atoms in total. The van der Waals surface area contributed by atoms with Crippen molar-refractivity contribution >= 4 is 0 Å². The summed E-state index contributed by atoms with van der Waals surface area (Å²) in [6.07, 6.45) is 12.2. The van der Waals surface area contributed by atoms with E-state index < -0.39 is 0 Å². The molecule has 60 valence electrons. The minimum atomic E-state index is 0.827. The van der Waals surface area contributed by atoms with Crippen LogP contribution in [-0.4, -0.2) is 6.61 Å². The Morgan fingerprint density at radius 3 is 3.09 bits per heavy atom. The first kappa shape index (κ1) is 8.12. The van der Waals surface area contributed by atoms with Gasteiger partial charge in [-0.1, -0.05) is 31.2 Å². The zero-order valence-electron chi connectivity index (χ0n) is 6.92. The minimum Gasteiger partial charge on any atom is -0.498 e. The van der Waals surface area contributed by atoms with Gasteiger partial charge >= 0.3 is 0 Å². The van der Waals surface area contributed by atoms with Crippen molar-refractivity contribution in [1.82, 2.24) is 0 Å². The van der Waals surface area contributed by atoms with Crippen LogP contribution in [0.25, 0.3) is 0 Å². The highest BCUT2D eigenvalue weighted by Gasteiger charge is 1.94. The monoisotopic (exact) mass is 150 g/mol. The highest BCUT2D eigenvalue weighted by atomic mass is 16.5. The van der Waals surface area contributed by atoms with Crippen LogP contribution in [0.2, 0.25) is 0 Å². The number of allylic oxidation sites excluding steroid dienone is 5. The molecule has 1 aliphatic carbocycles. The van der Waals surface area contributed by atoms with E-state index in [0.717, 1.165) is 25.2 Å². The van der Waals surface area contributed by atoms with Gasteiger partial charge in [-0.15, -0.1) is 0 Å². The van der Waals surface area contributed by atoms with E-state index in [2.05, 4.69) is 13.0 Å². The van der Waals surface area contributed by atoms with E-state index in [1.807, 2.05) is 24.3 Å². The molecule has 0 atom stereocenters. The van der Waals surface area contributed by atoms with Crippen molar-refractivity contribution in [1.29, 1.82) is 0 Å². The molecule has 0 saturated carbocycles. The number of ether oxygens (including phenoxy) is 1. The quantitative estimate of drug-likeness (QED) is 0.601. The Labute approximate surface area is 68.1 Å². The van der Waals surface area contributed by atoms with Crippen LogP contribution in [0, 0.1) is 0 Å². The Balaban J connectivity index is 2.38. The van der Waals surface area contributed by atoms with Crippen LogP contribution < -0.4 is 0 Å². The third-order valence-electron chi connectivity index (χ3n) is 1.45. The first-order chi connectivity index (χ1) is 5.43. The van der Waals surface area contributed by atoms with Gasteiger partial charge in [0.2, 0.25) is 0 Å². The van der Waals surface area contributed by atoms with E-state index >= 15 is 0 Å². The van der Waals surface area contributed by atoms with Crippen molar-refractivity contribution in [3.8, 4) is 0 Å². The molecule has 0 aromatic heterocycles. The Morgan fingerprint density at radius 2 is 2.27 bits per heavy atom. The third-order valence-corrected chi connectivity index (χ3v) is 1.45. The smallest absolute Gasteiger partial charge is 0.0997 e. The van der Waals surface area contributed by atoms with Gasteiger partial charge in [0, 0.05) is 6.42 Å². The van der Waals surface area contributed by atoms with Crippen LogP contribution >= 0.6 is 0 Å². The second-order valence-corrected chi connectivity index (χ2v) is 2.50. The minimum absolute atomic E-state index is 0.827. The summed E-state index contributed by atoms with van der Waals surface area (Å²) in [5.41, 5.74) is 0. The summed E-state index contributed by atoms with van der Waals surface area (Å²) >= 11 is 0. The molecule has 0 radical (unpaired) electrons. The molecule has 11 heavy (non-hydrogen) atoms. The molecule has 0 fully saturated rings. The first-order valence-electron chi connectivity index (χ1n) is 4.08. The zero-order chi connectivity index (χ0) is 7.94. The SMILES string of the molecule is CCCOC1=CC=CC=CC1. The van der Waals surface area contributed by atoms with Gasteiger partial charge in [-0.25, -0.2) is 0 Å². The predicted octanol–water partition coefficient (Wildman–Crippen LogP) is 2.81. The lowest BCUT2D eigenvalue weighted by molar-refractivity contribution is 0.208. The first-order valence-corrected chi connectivity index (χ1v) is 4.08. The molecule has 1 rings (SSSR count). The van der Waals surface area contributed by atoms with E-state index in [0.29, 0.717) is 0 Å². The van der Waals surface area contributed by atoms with Crippen molar-refractivity contribution in [3.05, 3.63) is 36.1 Å². The van der Waals surface area contributed by atoms with Crippen LogP contribution in [0.3, 0.4) is 0 Å². The molecule has 0 bridgehead atoms. The maximum atomic E-state index is 5.47. The van der Waals surface area contributed by atoms with Crippen molar-refractivity contribution in [2.75, 3.05) is 6.61 Å². The van der Waals surface area contributed by atoms with Gasteiger partial charge in [-0.05, 0) is 12.5 Å². The van der Waals surface area contributed by atoms with Gasteiger partial charge in [0.1, 0.15) is 0 Å². The molecular formula is C10H14O. The van der Waals surface area contributed by atoms with E-state index in [9.17, 15) is 0 Å². The largest absolute Gasteiger partial charge is 0.498 e. The van der Waals surface area contributed by atoms with Gasteiger partial charge in [-0.3, -0.25) is 0 Å². The fourth-order valence-corrected chi connectivity index (χ4v) is 0.898. The average Bonchev–Trinajstić information content (AvgIpc) is 2.28. The number of rotatable bonds is 3. The summed E-state index contributed by atoms with van der Waals surface area (Å²) in [6, 6.07) is 0. The Morgan fingerprint density at radius 1 is 1.36 bits per heavy atom. The highest BCUT2D eigenvalue weighted by molar-refractivity contribution is 5.19. The summed E-state index contributed by atoms with van der Waals surface area (Å²) in [5, 5.41) is 0. The van der Waals surface area contributed by atoms with E-state index in [1.165, 1.54) is 0 Å². The summed E-state index contributed by atoms with van der Waals surface area (Å²) in [6.45, 7) is 2.94. The summed E-state index contributed by atoms with van der Waals surface area (Å²) in [7, 11) is 0. The Bertz CT molecular complexity index is 187. The van der Waals surface area contributed by atoms with Crippen molar-refractivity contribution < 1.29 is 4.74 Å². The van der Waals surface area contributed by atoms with E-state index in [1.54, 1.807) is 0 Å². The molecule has 0 N–H and O–H groups in total. The molecule has 0 aromatic rings. The number of hydrogen-bond acceptors (Lipinski definition) is 1. The van der Waals surface area contributed by atoms with Crippen LogP contribution in [0.4, 0.5) is 0 Å². The lowest BCUT2D eigenvalue weighted by Crippen LogP contribution is -1.91. The molecule has 0 spiro atoms. The predicted molar refractivity (Wildman–Crippen MR) is 47.2 cm³/mol. The highest BCUT2D eigenvalue weighted by Crippen LogP contribution is 2.08. The lowest BCUT2D eigenvalue weighted by Gasteiger charge is -2.05. The van der Waals surface area contributed by atoms with Gasteiger partial charge in [0.15, 0.2) is 0 Å². The maximum Gasteiger partial charge on any atom is 0.0997 e. The fraction of sp³-hybridized carbons (Fsp3) is 0.400. The van der Waals surface area contributed by atoms with Gasteiger partial charge in [0.05, 0.1) is 12.4 Å². The Kier molecular flexibility index (Phi) is 3.53. The topological polar surface area (TPSA) is 9.23 Å². The molecule has 0 aromatic carbocycles. The van der Waals surface area contributed by atoms with Crippen LogP contribution in [0.1, 0.15) is 19.8 Å². The zero-order valence-corrected chi connectivity index (χ0v) is 6.92. The van der Waals surface area contributed by atoms with Crippen molar-refractivity contribution in [3.63, 3.8) is 0 Å². The van der Waals surface area contributed by atoms with Gasteiger partial charge in [-0.2, -0.15) is 0 Å². The van der Waals surface area contributed by atoms with E-state index in [4.69, 9.17) is 4.74 Å². The molecule has 0 unspecified atom stereocenters. The normalized spacial score (nSPS) is 15.9. The molecule has 1 heteroatoms. The molecule has 0 heterocycles. The van der Waals surface area contributed by atoms with Crippen LogP contribution in [0.15, 0.2) is 36.1 Å². The fourth-order valence-electron chi connectivity index (χ4n) is 0.898. The lowest BCUT2D eigenvalue weighted by atomic mass is 10.3. The van der Waals surface area contributed by atoms with Crippen molar-refractivity contribution in [2.45, 2.75) is 19.8 Å². The second kappa shape index (κ2) is 4.78. The third kappa shape index (κ3) is 3.08.